The van der Waals surface area contributed by atoms with Gasteiger partial charge in [-0.2, -0.15) is 0 Å². The van der Waals surface area contributed by atoms with Crippen molar-refractivity contribution in [2.24, 2.45) is 0 Å². The summed E-state index contributed by atoms with van der Waals surface area (Å²) < 4.78 is 10.1. The lowest BCUT2D eigenvalue weighted by atomic mass is 10.1. The number of carbonyl (C=O) groups excluding carboxylic acids is 3. The molecule has 0 spiro atoms. The highest BCUT2D eigenvalue weighted by atomic mass is 16.5. The van der Waals surface area contributed by atoms with Crippen LogP contribution in [0.2, 0.25) is 0 Å². The summed E-state index contributed by atoms with van der Waals surface area (Å²) in [5.74, 6) is -1.000. The number of ether oxygens (including phenoxy) is 2. The first-order valence-corrected chi connectivity index (χ1v) is 8.73. The Hall–Kier alpha value is -3.35. The van der Waals surface area contributed by atoms with Gasteiger partial charge in [0.2, 0.25) is 5.91 Å². The van der Waals surface area contributed by atoms with Gasteiger partial charge in [0.15, 0.2) is 6.61 Å². The van der Waals surface area contributed by atoms with E-state index >= 15 is 0 Å². The molecule has 0 aliphatic rings. The molecule has 0 saturated carbocycles. The van der Waals surface area contributed by atoms with Crippen molar-refractivity contribution >= 4 is 23.5 Å². The van der Waals surface area contributed by atoms with Crippen molar-refractivity contribution in [1.82, 2.24) is 4.90 Å². The normalized spacial score (nSPS) is 10.1. The van der Waals surface area contributed by atoms with Crippen LogP contribution < -0.4 is 10.1 Å². The summed E-state index contributed by atoms with van der Waals surface area (Å²) >= 11 is 0. The Bertz CT molecular complexity index is 859. The molecule has 0 heterocycles. The van der Waals surface area contributed by atoms with E-state index in [-0.39, 0.29) is 30.4 Å². The number of carbonyl (C=O) groups is 3. The maximum absolute atomic E-state index is 12.3. The van der Waals surface area contributed by atoms with E-state index in [0.29, 0.717) is 0 Å². The van der Waals surface area contributed by atoms with Gasteiger partial charge in [-0.15, -0.1) is 0 Å². The van der Waals surface area contributed by atoms with Gasteiger partial charge < -0.3 is 19.7 Å². The quantitative estimate of drug-likeness (QED) is 0.742. The van der Waals surface area contributed by atoms with Gasteiger partial charge in [-0.1, -0.05) is 30.3 Å². The number of benzene rings is 2. The van der Waals surface area contributed by atoms with Crippen molar-refractivity contribution in [3.8, 4) is 5.75 Å². The molecule has 0 saturated heterocycles. The van der Waals surface area contributed by atoms with Gasteiger partial charge in [0, 0.05) is 12.7 Å². The molecule has 0 bridgehead atoms. The first kappa shape index (κ1) is 21.0. The number of amides is 2. The van der Waals surface area contributed by atoms with Crippen molar-refractivity contribution < 1.29 is 23.9 Å². The fourth-order valence-corrected chi connectivity index (χ4v) is 2.61. The Morgan fingerprint density at radius 3 is 2.29 bits per heavy atom. The van der Waals surface area contributed by atoms with Crippen molar-refractivity contribution in [1.29, 1.82) is 0 Å². The van der Waals surface area contributed by atoms with Crippen LogP contribution in [-0.2, 0) is 14.3 Å². The molecule has 7 heteroatoms. The molecular formula is C21H24N2O5. The molecule has 7 nitrogen and oxygen atoms in total. The van der Waals surface area contributed by atoms with Crippen LogP contribution in [-0.4, -0.2) is 50.0 Å². The SMILES string of the molecule is COC(=O)c1ccccc1OCC(=O)N(C)CC(=O)Nc1c(C)cccc1C. The van der Waals surface area contributed by atoms with Gasteiger partial charge in [-0.05, 0) is 37.1 Å². The molecular weight excluding hydrogens is 360 g/mol. The molecule has 0 unspecified atom stereocenters. The molecule has 2 rings (SSSR count). The summed E-state index contributed by atoms with van der Waals surface area (Å²) in [7, 11) is 2.79. The smallest absolute Gasteiger partial charge is 0.341 e. The van der Waals surface area contributed by atoms with Gasteiger partial charge in [-0.25, -0.2) is 4.79 Å². The Morgan fingerprint density at radius 2 is 1.64 bits per heavy atom. The monoisotopic (exact) mass is 384 g/mol. The van der Waals surface area contributed by atoms with E-state index in [0.717, 1.165) is 16.8 Å². The minimum Gasteiger partial charge on any atom is -0.483 e. The number of anilines is 1. The van der Waals surface area contributed by atoms with Crippen LogP contribution in [0.5, 0.6) is 5.75 Å². The molecule has 0 aromatic heterocycles. The summed E-state index contributed by atoms with van der Waals surface area (Å²) in [6.07, 6.45) is 0. The predicted octanol–water partition coefficient (Wildman–Crippen LogP) is 2.57. The minimum atomic E-state index is -0.551. The fraction of sp³-hybridized carbons (Fsp3) is 0.286. The third kappa shape index (κ3) is 5.33. The lowest BCUT2D eigenvalue weighted by molar-refractivity contribution is -0.135. The highest BCUT2D eigenvalue weighted by Gasteiger charge is 2.17. The van der Waals surface area contributed by atoms with E-state index in [1.807, 2.05) is 32.0 Å². The first-order chi connectivity index (χ1) is 13.3. The molecule has 148 valence electrons. The maximum Gasteiger partial charge on any atom is 0.341 e. The number of nitrogens with zero attached hydrogens (tertiary/aromatic N) is 1. The number of likely N-dealkylation sites (N-methyl/N-ethyl adjacent to an activating group) is 1. The average Bonchev–Trinajstić information content (AvgIpc) is 2.68. The molecule has 0 atom stereocenters. The van der Waals surface area contributed by atoms with Gasteiger partial charge in [0.25, 0.3) is 5.91 Å². The number of aryl methyl sites for hydroxylation is 2. The molecule has 0 fully saturated rings. The fourth-order valence-electron chi connectivity index (χ4n) is 2.61. The van der Waals surface area contributed by atoms with Gasteiger partial charge >= 0.3 is 5.97 Å². The van der Waals surface area contributed by atoms with Gasteiger partial charge in [-0.3, -0.25) is 9.59 Å². The molecule has 2 aromatic rings. The third-order valence-corrected chi connectivity index (χ3v) is 4.20. The van der Waals surface area contributed by atoms with Crippen molar-refractivity contribution in [3.05, 3.63) is 59.2 Å². The standard InChI is InChI=1S/C21H24N2O5/c1-14-8-7-9-15(2)20(14)22-18(24)12-23(3)19(25)13-28-17-11-6-5-10-16(17)21(26)27-4/h5-11H,12-13H2,1-4H3,(H,22,24). The van der Waals surface area contributed by atoms with Crippen LogP contribution in [0.25, 0.3) is 0 Å². The summed E-state index contributed by atoms with van der Waals surface area (Å²) in [5, 5.41) is 2.83. The largest absolute Gasteiger partial charge is 0.483 e. The topological polar surface area (TPSA) is 84.9 Å². The maximum atomic E-state index is 12.3. The van der Waals surface area contributed by atoms with Crippen LogP contribution in [0, 0.1) is 13.8 Å². The Morgan fingerprint density at radius 1 is 1.00 bits per heavy atom. The Balaban J connectivity index is 1.93. The molecule has 2 aromatic carbocycles. The zero-order valence-corrected chi connectivity index (χ0v) is 16.4. The van der Waals surface area contributed by atoms with E-state index in [9.17, 15) is 14.4 Å². The van der Waals surface area contributed by atoms with Crippen LogP contribution in [0.15, 0.2) is 42.5 Å². The van der Waals surface area contributed by atoms with Gasteiger partial charge in [0.05, 0.1) is 13.7 Å². The molecule has 1 N–H and O–H groups in total. The van der Waals surface area contributed by atoms with Crippen LogP contribution in [0.3, 0.4) is 0 Å². The molecule has 0 radical (unpaired) electrons. The number of rotatable bonds is 7. The highest BCUT2D eigenvalue weighted by molar-refractivity contribution is 5.96. The first-order valence-electron chi connectivity index (χ1n) is 8.73. The number of hydrogen-bond acceptors (Lipinski definition) is 5. The number of esters is 1. The van der Waals surface area contributed by atoms with Crippen molar-refractivity contribution in [2.75, 3.05) is 32.6 Å². The second-order valence-corrected chi connectivity index (χ2v) is 6.34. The van der Waals surface area contributed by atoms with Gasteiger partial charge in [0.1, 0.15) is 11.3 Å². The van der Waals surface area contributed by atoms with Crippen LogP contribution in [0.4, 0.5) is 5.69 Å². The number of nitrogens with one attached hydrogen (secondary N) is 1. The van der Waals surface area contributed by atoms with E-state index in [1.54, 1.807) is 24.3 Å². The number of methoxy groups -OCH3 is 1. The summed E-state index contributed by atoms with van der Waals surface area (Å²) in [4.78, 5) is 37.6. The predicted molar refractivity (Wildman–Crippen MR) is 105 cm³/mol. The summed E-state index contributed by atoms with van der Waals surface area (Å²) in [5.41, 5.74) is 2.87. The zero-order chi connectivity index (χ0) is 20.7. The Labute approximate surface area is 164 Å². The molecule has 0 aliphatic heterocycles. The molecule has 0 aliphatic carbocycles. The third-order valence-electron chi connectivity index (χ3n) is 4.20. The highest BCUT2D eigenvalue weighted by Crippen LogP contribution is 2.20. The van der Waals surface area contributed by atoms with Crippen molar-refractivity contribution in [2.45, 2.75) is 13.8 Å². The van der Waals surface area contributed by atoms with Crippen LogP contribution in [0.1, 0.15) is 21.5 Å². The van der Waals surface area contributed by atoms with E-state index in [2.05, 4.69) is 5.32 Å². The second kappa shape index (κ2) is 9.55. The molecule has 28 heavy (non-hydrogen) atoms. The minimum absolute atomic E-state index is 0.116. The Kier molecular flexibility index (Phi) is 7.14. The zero-order valence-electron chi connectivity index (χ0n) is 16.4. The molecule has 2 amide bonds. The average molecular weight is 384 g/mol. The van der Waals surface area contributed by atoms with Crippen molar-refractivity contribution in [3.63, 3.8) is 0 Å². The number of hydrogen-bond donors (Lipinski definition) is 1. The number of para-hydroxylation sites is 2. The van der Waals surface area contributed by atoms with E-state index < -0.39 is 11.9 Å². The van der Waals surface area contributed by atoms with E-state index in [1.165, 1.54) is 19.1 Å². The summed E-state index contributed by atoms with van der Waals surface area (Å²) in [6, 6.07) is 12.2. The van der Waals surface area contributed by atoms with E-state index in [4.69, 9.17) is 9.47 Å². The summed E-state index contributed by atoms with van der Waals surface area (Å²) in [6.45, 7) is 3.39. The lowest BCUT2D eigenvalue weighted by Crippen LogP contribution is -2.37. The van der Waals surface area contributed by atoms with Crippen LogP contribution >= 0.6 is 0 Å². The lowest BCUT2D eigenvalue weighted by Gasteiger charge is -2.18. The second-order valence-electron chi connectivity index (χ2n) is 6.34.